The number of halogens is 1. The minimum Gasteiger partial charge on any atom is -0.355 e. The molecule has 3 rings (SSSR count). The van der Waals surface area contributed by atoms with Crippen LogP contribution in [0.15, 0.2) is 43.0 Å². The van der Waals surface area contributed by atoms with E-state index in [1.54, 1.807) is 18.6 Å². The summed E-state index contributed by atoms with van der Waals surface area (Å²) in [5, 5.41) is 3.05. The predicted molar refractivity (Wildman–Crippen MR) is 86.4 cm³/mol. The van der Waals surface area contributed by atoms with E-state index in [4.69, 9.17) is 0 Å². The Morgan fingerprint density at radius 2 is 2.17 bits per heavy atom. The van der Waals surface area contributed by atoms with Crippen LogP contribution in [-0.4, -0.2) is 22.0 Å². The molecule has 4 nitrogen and oxygen atoms in total. The van der Waals surface area contributed by atoms with E-state index in [2.05, 4.69) is 10.3 Å². The van der Waals surface area contributed by atoms with Crippen molar-refractivity contribution in [2.45, 2.75) is 44.1 Å². The summed E-state index contributed by atoms with van der Waals surface area (Å²) in [5.74, 6) is -0.243. The molecule has 0 saturated heterocycles. The first kappa shape index (κ1) is 15.7. The van der Waals surface area contributed by atoms with Crippen LogP contribution in [0.3, 0.4) is 0 Å². The molecule has 1 aromatic heterocycles. The fourth-order valence-corrected chi connectivity index (χ4v) is 3.46. The monoisotopic (exact) mass is 315 g/mol. The molecule has 0 aliphatic heterocycles. The van der Waals surface area contributed by atoms with Crippen molar-refractivity contribution in [3.8, 4) is 0 Å². The molecule has 1 aliphatic carbocycles. The van der Waals surface area contributed by atoms with E-state index in [1.165, 1.54) is 12.1 Å². The summed E-state index contributed by atoms with van der Waals surface area (Å²) in [6.07, 6.45) is 9.89. The van der Waals surface area contributed by atoms with Crippen molar-refractivity contribution >= 4 is 5.91 Å². The third kappa shape index (κ3) is 3.44. The highest BCUT2D eigenvalue weighted by Crippen LogP contribution is 2.41. The van der Waals surface area contributed by atoms with E-state index >= 15 is 0 Å². The molecule has 122 valence electrons. The van der Waals surface area contributed by atoms with Gasteiger partial charge in [-0.25, -0.2) is 9.37 Å². The third-order valence-electron chi connectivity index (χ3n) is 4.71. The molecule has 0 bridgehead atoms. The van der Waals surface area contributed by atoms with E-state index in [9.17, 15) is 9.18 Å². The number of benzene rings is 1. The summed E-state index contributed by atoms with van der Waals surface area (Å²) in [5.41, 5.74) is 0.249. The van der Waals surface area contributed by atoms with Crippen LogP contribution in [0.4, 0.5) is 4.39 Å². The van der Waals surface area contributed by atoms with Crippen LogP contribution in [0.1, 0.15) is 37.7 Å². The van der Waals surface area contributed by atoms with Crippen LogP contribution >= 0.6 is 0 Å². The zero-order chi connectivity index (χ0) is 16.1. The maximum Gasteiger partial charge on any atom is 0.230 e. The molecule has 0 radical (unpaired) electrons. The fourth-order valence-electron chi connectivity index (χ4n) is 3.46. The number of hydrogen-bond donors (Lipinski definition) is 1. The number of nitrogens with zero attached hydrogens (tertiary/aromatic N) is 2. The average Bonchev–Trinajstić information content (AvgIpc) is 3.23. The number of carbonyl (C=O) groups is 1. The quantitative estimate of drug-likeness (QED) is 0.833. The summed E-state index contributed by atoms with van der Waals surface area (Å²) in [6.45, 7) is 1.45. The van der Waals surface area contributed by atoms with Crippen LogP contribution < -0.4 is 5.32 Å². The smallest absolute Gasteiger partial charge is 0.230 e. The van der Waals surface area contributed by atoms with Crippen molar-refractivity contribution < 1.29 is 9.18 Å². The van der Waals surface area contributed by atoms with Gasteiger partial charge in [-0.2, -0.15) is 0 Å². The SMILES string of the molecule is O=C(NCCCn1ccnc1)C1(c2cccc(F)c2)CCCC1. The highest BCUT2D eigenvalue weighted by molar-refractivity contribution is 5.88. The minimum absolute atomic E-state index is 0.0335. The predicted octanol–water partition coefficient (Wildman–Crippen LogP) is 3.04. The van der Waals surface area contributed by atoms with Gasteiger partial charge in [0.1, 0.15) is 5.82 Å². The van der Waals surface area contributed by atoms with Gasteiger partial charge in [-0.15, -0.1) is 0 Å². The number of hydrogen-bond acceptors (Lipinski definition) is 2. The third-order valence-corrected chi connectivity index (χ3v) is 4.71. The lowest BCUT2D eigenvalue weighted by atomic mass is 9.78. The Bertz CT molecular complexity index is 648. The molecular formula is C18H22FN3O. The lowest BCUT2D eigenvalue weighted by molar-refractivity contribution is -0.126. The standard InChI is InChI=1S/C18H22FN3O/c19-16-6-3-5-15(13-16)18(7-1-2-8-18)17(23)21-9-4-11-22-12-10-20-14-22/h3,5-6,10,12-14H,1-2,4,7-9,11H2,(H,21,23). The second kappa shape index (κ2) is 6.94. The Kier molecular flexibility index (Phi) is 4.74. The van der Waals surface area contributed by atoms with Gasteiger partial charge in [-0.3, -0.25) is 4.79 Å². The normalized spacial score (nSPS) is 16.4. The first-order chi connectivity index (χ1) is 11.2. The Morgan fingerprint density at radius 3 is 2.87 bits per heavy atom. The van der Waals surface area contributed by atoms with E-state index in [0.717, 1.165) is 44.2 Å². The zero-order valence-electron chi connectivity index (χ0n) is 13.2. The molecule has 5 heteroatoms. The molecule has 1 amide bonds. The molecule has 0 unspecified atom stereocenters. The number of carbonyl (C=O) groups excluding carboxylic acids is 1. The maximum absolute atomic E-state index is 13.6. The molecule has 1 saturated carbocycles. The van der Waals surface area contributed by atoms with Crippen molar-refractivity contribution in [2.24, 2.45) is 0 Å². The van der Waals surface area contributed by atoms with Crippen LogP contribution in [-0.2, 0) is 16.8 Å². The number of aryl methyl sites for hydroxylation is 1. The summed E-state index contributed by atoms with van der Waals surface area (Å²) in [4.78, 5) is 16.8. The fraction of sp³-hybridized carbons (Fsp3) is 0.444. The summed E-state index contributed by atoms with van der Waals surface area (Å²) < 4.78 is 15.6. The van der Waals surface area contributed by atoms with Gasteiger partial charge >= 0.3 is 0 Å². The molecule has 0 atom stereocenters. The Hall–Kier alpha value is -2.17. The molecule has 0 spiro atoms. The molecule has 1 N–H and O–H groups in total. The Balaban J connectivity index is 1.62. The number of rotatable bonds is 6. The van der Waals surface area contributed by atoms with Gasteiger partial charge < -0.3 is 9.88 Å². The summed E-state index contributed by atoms with van der Waals surface area (Å²) in [7, 11) is 0. The average molecular weight is 315 g/mol. The van der Waals surface area contributed by atoms with E-state index < -0.39 is 5.41 Å². The molecule has 1 aromatic carbocycles. The van der Waals surface area contributed by atoms with Crippen molar-refractivity contribution in [2.75, 3.05) is 6.54 Å². The zero-order valence-corrected chi connectivity index (χ0v) is 13.2. The topological polar surface area (TPSA) is 46.9 Å². The van der Waals surface area contributed by atoms with Crippen molar-refractivity contribution in [3.63, 3.8) is 0 Å². The van der Waals surface area contributed by atoms with Crippen LogP contribution in [0.2, 0.25) is 0 Å². The van der Waals surface area contributed by atoms with Crippen LogP contribution in [0, 0.1) is 5.82 Å². The van der Waals surface area contributed by atoms with Crippen LogP contribution in [0.25, 0.3) is 0 Å². The van der Waals surface area contributed by atoms with Gasteiger partial charge in [0.15, 0.2) is 0 Å². The molecular weight excluding hydrogens is 293 g/mol. The van der Waals surface area contributed by atoms with Gasteiger partial charge in [0.2, 0.25) is 5.91 Å². The van der Waals surface area contributed by atoms with Gasteiger partial charge in [0.05, 0.1) is 11.7 Å². The first-order valence-electron chi connectivity index (χ1n) is 8.21. The molecule has 1 fully saturated rings. The second-order valence-corrected chi connectivity index (χ2v) is 6.21. The largest absolute Gasteiger partial charge is 0.355 e. The summed E-state index contributed by atoms with van der Waals surface area (Å²) >= 11 is 0. The van der Waals surface area contributed by atoms with E-state index in [0.29, 0.717) is 6.54 Å². The van der Waals surface area contributed by atoms with Gasteiger partial charge in [0, 0.05) is 25.5 Å². The van der Waals surface area contributed by atoms with Gasteiger partial charge in [-0.1, -0.05) is 25.0 Å². The lowest BCUT2D eigenvalue weighted by Crippen LogP contribution is -2.43. The maximum atomic E-state index is 13.6. The number of amides is 1. The number of aromatic nitrogens is 2. The van der Waals surface area contributed by atoms with E-state index in [1.807, 2.05) is 16.8 Å². The van der Waals surface area contributed by atoms with Gasteiger partial charge in [-0.05, 0) is 37.0 Å². The highest BCUT2D eigenvalue weighted by atomic mass is 19.1. The van der Waals surface area contributed by atoms with E-state index in [-0.39, 0.29) is 11.7 Å². The number of nitrogens with one attached hydrogen (secondary N) is 1. The lowest BCUT2D eigenvalue weighted by Gasteiger charge is -2.28. The highest BCUT2D eigenvalue weighted by Gasteiger charge is 2.42. The van der Waals surface area contributed by atoms with Gasteiger partial charge in [0.25, 0.3) is 0 Å². The number of imidazole rings is 1. The van der Waals surface area contributed by atoms with Crippen LogP contribution in [0.5, 0.6) is 0 Å². The molecule has 2 aromatic rings. The van der Waals surface area contributed by atoms with Crippen molar-refractivity contribution in [3.05, 3.63) is 54.4 Å². The Labute approximate surface area is 135 Å². The minimum atomic E-state index is -0.558. The summed E-state index contributed by atoms with van der Waals surface area (Å²) in [6, 6.07) is 6.50. The Morgan fingerprint density at radius 1 is 1.35 bits per heavy atom. The molecule has 1 aliphatic rings. The van der Waals surface area contributed by atoms with Crippen molar-refractivity contribution in [1.82, 2.24) is 14.9 Å². The second-order valence-electron chi connectivity index (χ2n) is 6.21. The first-order valence-corrected chi connectivity index (χ1v) is 8.21. The molecule has 1 heterocycles. The van der Waals surface area contributed by atoms with Crippen molar-refractivity contribution in [1.29, 1.82) is 0 Å². The molecule has 23 heavy (non-hydrogen) atoms.